The molecular weight excluding hydrogens is 400 g/mol. The van der Waals surface area contributed by atoms with Crippen LogP contribution in [-0.2, 0) is 17.9 Å². The van der Waals surface area contributed by atoms with Crippen molar-refractivity contribution in [2.45, 2.75) is 13.1 Å². The summed E-state index contributed by atoms with van der Waals surface area (Å²) in [6, 6.07) is 4.01. The van der Waals surface area contributed by atoms with E-state index in [4.69, 9.17) is 28.3 Å². The lowest BCUT2D eigenvalue weighted by atomic mass is 10.2. The van der Waals surface area contributed by atoms with Gasteiger partial charge in [-0.1, -0.05) is 29.3 Å². The highest BCUT2D eigenvalue weighted by Gasteiger charge is 2.14. The van der Waals surface area contributed by atoms with Crippen LogP contribution in [0.15, 0.2) is 36.8 Å². The molecule has 1 aromatic carbocycles. The summed E-state index contributed by atoms with van der Waals surface area (Å²) in [4.78, 5) is 22.9. The lowest BCUT2D eigenvalue weighted by Gasteiger charge is -2.05. The maximum atomic E-state index is 13.1. The summed E-state index contributed by atoms with van der Waals surface area (Å²) >= 11 is 12.1. The number of rotatable bonds is 6. The monoisotopic (exact) mass is 411 g/mol. The molecule has 8 nitrogen and oxygen atoms in total. The van der Waals surface area contributed by atoms with Gasteiger partial charge in [-0.05, 0) is 17.7 Å². The Kier molecular flexibility index (Phi) is 5.43. The number of nitrogens with one attached hydrogen (secondary N) is 1. The lowest BCUT2D eigenvalue weighted by molar-refractivity contribution is -0.116. The molecule has 0 aliphatic heterocycles. The summed E-state index contributed by atoms with van der Waals surface area (Å²) in [7, 11) is 0. The minimum absolute atomic E-state index is 0.0266. The molecule has 2 heterocycles. The third kappa shape index (κ3) is 4.63. The summed E-state index contributed by atoms with van der Waals surface area (Å²) in [6.07, 6.45) is 3.87. The molecule has 0 spiro atoms. The number of amides is 1. The molecule has 0 saturated heterocycles. The first-order chi connectivity index (χ1) is 12.8. The zero-order valence-corrected chi connectivity index (χ0v) is 15.1. The number of benzene rings is 1. The van der Waals surface area contributed by atoms with Crippen LogP contribution >= 0.6 is 23.2 Å². The molecule has 1 amide bonds. The highest BCUT2D eigenvalue weighted by molar-refractivity contribution is 6.33. The van der Waals surface area contributed by atoms with Gasteiger partial charge in [0.1, 0.15) is 17.4 Å². The molecule has 140 valence electrons. The Morgan fingerprint density at radius 1 is 1.19 bits per heavy atom. The van der Waals surface area contributed by atoms with Gasteiger partial charge in [-0.3, -0.25) is 14.2 Å². The van der Waals surface area contributed by atoms with Crippen molar-refractivity contribution in [2.75, 3.05) is 5.32 Å². The maximum Gasteiger partial charge on any atom is 0.338 e. The second-order valence-electron chi connectivity index (χ2n) is 5.54. The molecule has 0 aliphatic rings. The number of anilines is 1. The first-order valence-electron chi connectivity index (χ1n) is 7.54. The molecule has 0 radical (unpaired) electrons. The van der Waals surface area contributed by atoms with Crippen LogP contribution < -0.4 is 5.32 Å². The topological polar surface area (TPSA) is 102 Å². The van der Waals surface area contributed by atoms with E-state index in [-0.39, 0.29) is 34.5 Å². The predicted octanol–water partition coefficient (Wildman–Crippen LogP) is 2.91. The van der Waals surface area contributed by atoms with Crippen molar-refractivity contribution in [3.63, 3.8) is 0 Å². The zero-order valence-electron chi connectivity index (χ0n) is 13.6. The number of carboxylic acid groups (broad SMARTS) is 1. The van der Waals surface area contributed by atoms with Gasteiger partial charge < -0.3 is 10.4 Å². The number of carbonyl (C=O) groups is 2. The molecule has 0 unspecified atom stereocenters. The molecule has 0 aliphatic carbocycles. The number of aromatic carboxylic acids is 1. The van der Waals surface area contributed by atoms with Crippen molar-refractivity contribution < 1.29 is 19.1 Å². The van der Waals surface area contributed by atoms with Crippen LogP contribution in [0, 0.1) is 5.82 Å². The summed E-state index contributed by atoms with van der Waals surface area (Å²) in [5.74, 6) is -1.93. The van der Waals surface area contributed by atoms with Crippen LogP contribution in [0.3, 0.4) is 0 Å². The van der Waals surface area contributed by atoms with E-state index in [0.29, 0.717) is 5.56 Å². The maximum absolute atomic E-state index is 13.1. The average molecular weight is 412 g/mol. The normalized spacial score (nSPS) is 10.8. The number of carbonyl (C=O) groups excluding carboxylic acids is 1. The number of carboxylic acids is 1. The predicted molar refractivity (Wildman–Crippen MR) is 95.6 cm³/mol. The van der Waals surface area contributed by atoms with Gasteiger partial charge in [-0.2, -0.15) is 10.2 Å². The third-order valence-corrected chi connectivity index (χ3v) is 4.14. The lowest BCUT2D eigenvalue weighted by Crippen LogP contribution is -2.19. The average Bonchev–Trinajstić information content (AvgIpc) is 3.17. The Morgan fingerprint density at radius 2 is 1.96 bits per heavy atom. The van der Waals surface area contributed by atoms with Crippen molar-refractivity contribution in [1.29, 1.82) is 0 Å². The third-order valence-electron chi connectivity index (χ3n) is 3.51. The molecule has 3 aromatic rings. The van der Waals surface area contributed by atoms with Crippen LogP contribution in [0.4, 0.5) is 10.2 Å². The van der Waals surface area contributed by atoms with E-state index in [1.165, 1.54) is 40.0 Å². The van der Waals surface area contributed by atoms with Crippen molar-refractivity contribution in [3.8, 4) is 0 Å². The molecule has 0 saturated carbocycles. The molecule has 0 fully saturated rings. The van der Waals surface area contributed by atoms with Gasteiger partial charge in [-0.25, -0.2) is 9.18 Å². The SMILES string of the molecule is O=C(Cn1cc(C(=O)O)cn1)Nc1nn(Cc2ccc(F)cc2Cl)cc1Cl. The minimum Gasteiger partial charge on any atom is -0.478 e. The minimum atomic E-state index is -1.14. The van der Waals surface area contributed by atoms with Crippen LogP contribution in [0.5, 0.6) is 0 Å². The van der Waals surface area contributed by atoms with Crippen molar-refractivity contribution in [2.24, 2.45) is 0 Å². The first kappa shape index (κ1) is 18.9. The smallest absolute Gasteiger partial charge is 0.338 e. The fourth-order valence-corrected chi connectivity index (χ4v) is 2.69. The molecule has 11 heteroatoms. The Bertz CT molecular complexity index is 1020. The summed E-state index contributed by atoms with van der Waals surface area (Å²) in [5.41, 5.74) is 0.606. The number of hydrogen-bond donors (Lipinski definition) is 2. The van der Waals surface area contributed by atoms with Crippen LogP contribution in [0.25, 0.3) is 0 Å². The summed E-state index contributed by atoms with van der Waals surface area (Å²) < 4.78 is 15.7. The fourth-order valence-electron chi connectivity index (χ4n) is 2.27. The highest BCUT2D eigenvalue weighted by Crippen LogP contribution is 2.22. The van der Waals surface area contributed by atoms with Crippen LogP contribution in [0.1, 0.15) is 15.9 Å². The standard InChI is InChI=1S/C16H12Cl2FN5O3/c17-12-3-11(19)2-1-9(12)5-24-7-13(18)15(22-24)21-14(25)8-23-6-10(4-20-23)16(26)27/h1-4,6-7H,5,8H2,(H,26,27)(H,21,22,25). The molecule has 2 aromatic heterocycles. The number of aromatic nitrogens is 4. The Hall–Kier alpha value is -2.91. The Morgan fingerprint density at radius 3 is 2.63 bits per heavy atom. The van der Waals surface area contributed by atoms with E-state index in [1.54, 1.807) is 0 Å². The van der Waals surface area contributed by atoms with E-state index in [0.717, 1.165) is 6.20 Å². The summed E-state index contributed by atoms with van der Waals surface area (Å²) in [6.45, 7) is 0.0239. The number of hydrogen-bond acceptors (Lipinski definition) is 4. The fraction of sp³-hybridized carbons (Fsp3) is 0.125. The quantitative estimate of drug-likeness (QED) is 0.648. The van der Waals surface area contributed by atoms with E-state index in [1.807, 2.05) is 0 Å². The van der Waals surface area contributed by atoms with Gasteiger partial charge >= 0.3 is 5.97 Å². The molecule has 27 heavy (non-hydrogen) atoms. The van der Waals surface area contributed by atoms with E-state index in [2.05, 4.69) is 15.5 Å². The zero-order chi connectivity index (χ0) is 19.6. The van der Waals surface area contributed by atoms with Gasteiger partial charge in [0.15, 0.2) is 5.82 Å². The van der Waals surface area contributed by atoms with Crippen molar-refractivity contribution in [3.05, 3.63) is 63.8 Å². The largest absolute Gasteiger partial charge is 0.478 e. The van der Waals surface area contributed by atoms with E-state index in [9.17, 15) is 14.0 Å². The van der Waals surface area contributed by atoms with Crippen molar-refractivity contribution in [1.82, 2.24) is 19.6 Å². The molecule has 2 N–H and O–H groups in total. The van der Waals surface area contributed by atoms with Gasteiger partial charge in [-0.15, -0.1) is 0 Å². The second-order valence-corrected chi connectivity index (χ2v) is 6.35. The molecule has 3 rings (SSSR count). The molecule has 0 bridgehead atoms. The van der Waals surface area contributed by atoms with Crippen molar-refractivity contribution >= 4 is 40.9 Å². The number of nitrogens with zero attached hydrogens (tertiary/aromatic N) is 4. The van der Waals surface area contributed by atoms with E-state index < -0.39 is 17.7 Å². The Labute approximate surface area is 162 Å². The van der Waals surface area contributed by atoms with Crippen LogP contribution in [0.2, 0.25) is 10.0 Å². The van der Waals surface area contributed by atoms with E-state index >= 15 is 0 Å². The second kappa shape index (κ2) is 7.77. The van der Waals surface area contributed by atoms with Gasteiger partial charge in [0.2, 0.25) is 5.91 Å². The van der Waals surface area contributed by atoms with Crippen LogP contribution in [-0.4, -0.2) is 36.5 Å². The molecule has 0 atom stereocenters. The Balaban J connectivity index is 1.66. The highest BCUT2D eigenvalue weighted by atomic mass is 35.5. The summed E-state index contributed by atoms with van der Waals surface area (Å²) in [5, 5.41) is 19.8. The first-order valence-corrected chi connectivity index (χ1v) is 8.30. The van der Waals surface area contributed by atoms with Gasteiger partial charge in [0.25, 0.3) is 0 Å². The van der Waals surface area contributed by atoms with Gasteiger partial charge in [0.05, 0.1) is 18.3 Å². The molecular formula is C16H12Cl2FN5O3. The van der Waals surface area contributed by atoms with Gasteiger partial charge in [0, 0.05) is 17.4 Å². The number of halogens is 3.